The van der Waals surface area contributed by atoms with Crippen LogP contribution in [0.4, 0.5) is 0 Å². The van der Waals surface area contributed by atoms with Gasteiger partial charge in [-0.05, 0) is 24.3 Å². The Morgan fingerprint density at radius 2 is 2.06 bits per heavy atom. The van der Waals surface area contributed by atoms with E-state index in [1.165, 1.54) is 12.3 Å². The molecule has 0 aromatic carbocycles. The lowest BCUT2D eigenvalue weighted by atomic mass is 9.72. The van der Waals surface area contributed by atoms with Crippen LogP contribution in [0.15, 0.2) is 40.8 Å². The molecule has 1 aliphatic heterocycles. The molecule has 3 heterocycles. The summed E-state index contributed by atoms with van der Waals surface area (Å²) in [4.78, 5) is 24.3. The van der Waals surface area contributed by atoms with Crippen molar-refractivity contribution in [3.63, 3.8) is 0 Å². The number of rotatable bonds is 6. The van der Waals surface area contributed by atoms with Crippen LogP contribution in [0.2, 0.25) is 0 Å². The third kappa shape index (κ3) is 4.13. The van der Waals surface area contributed by atoms with Crippen LogP contribution in [0.25, 0.3) is 5.57 Å². The van der Waals surface area contributed by atoms with Gasteiger partial charge in [-0.15, -0.1) is 10.2 Å². The second-order valence-electron chi connectivity index (χ2n) is 9.72. The van der Waals surface area contributed by atoms with Crippen LogP contribution in [0.5, 0.6) is 0 Å². The number of aromatic nitrogens is 4. The highest BCUT2D eigenvalue weighted by atomic mass is 16.5. The summed E-state index contributed by atoms with van der Waals surface area (Å²) in [6.07, 6.45) is 7.08. The second-order valence-corrected chi connectivity index (χ2v) is 9.72. The Morgan fingerprint density at radius 1 is 1.30 bits per heavy atom. The minimum absolute atomic E-state index is 0.0219. The van der Waals surface area contributed by atoms with Crippen LogP contribution < -0.4 is 5.43 Å². The SMILES string of the molecule is COC1=C(c2nncn2CCCO)C=C2CC(C(C)(C)C)n3cc(C(=O)O)c(=O)cc3C2C1. The van der Waals surface area contributed by atoms with Crippen molar-refractivity contribution in [2.75, 3.05) is 13.7 Å². The molecule has 2 aromatic heterocycles. The van der Waals surface area contributed by atoms with Crippen molar-refractivity contribution in [3.05, 3.63) is 63.3 Å². The molecule has 2 aliphatic rings. The monoisotopic (exact) mass is 454 g/mol. The number of aryl methyl sites for hydroxylation is 1. The van der Waals surface area contributed by atoms with Crippen LogP contribution in [0.1, 0.15) is 73.9 Å². The van der Waals surface area contributed by atoms with E-state index in [-0.39, 0.29) is 29.5 Å². The van der Waals surface area contributed by atoms with Crippen LogP contribution >= 0.6 is 0 Å². The number of aromatic carboxylic acids is 1. The van der Waals surface area contributed by atoms with Gasteiger partial charge in [0.05, 0.1) is 12.7 Å². The number of carbonyl (C=O) groups is 1. The molecule has 1 aliphatic carbocycles. The van der Waals surface area contributed by atoms with Gasteiger partial charge in [0.2, 0.25) is 0 Å². The van der Waals surface area contributed by atoms with E-state index in [1.807, 2.05) is 9.13 Å². The van der Waals surface area contributed by atoms with E-state index in [1.54, 1.807) is 13.4 Å². The molecule has 33 heavy (non-hydrogen) atoms. The van der Waals surface area contributed by atoms with E-state index in [9.17, 15) is 19.8 Å². The Hall–Kier alpha value is -3.20. The highest BCUT2D eigenvalue weighted by Gasteiger charge is 2.40. The van der Waals surface area contributed by atoms with Gasteiger partial charge in [-0.2, -0.15) is 0 Å². The highest BCUT2D eigenvalue weighted by Crippen LogP contribution is 2.50. The summed E-state index contributed by atoms with van der Waals surface area (Å²) in [5.74, 6) is 0.113. The maximum Gasteiger partial charge on any atom is 0.341 e. The van der Waals surface area contributed by atoms with Crippen LogP contribution in [-0.4, -0.2) is 49.2 Å². The summed E-state index contributed by atoms with van der Waals surface area (Å²) in [6.45, 7) is 7.02. The van der Waals surface area contributed by atoms with Gasteiger partial charge in [0.15, 0.2) is 11.3 Å². The number of carboxylic acids is 1. The number of hydrogen-bond acceptors (Lipinski definition) is 6. The fraction of sp³-hybridized carbons (Fsp3) is 0.500. The molecule has 0 bridgehead atoms. The Morgan fingerprint density at radius 3 is 2.70 bits per heavy atom. The molecule has 0 saturated heterocycles. The predicted molar refractivity (Wildman–Crippen MR) is 122 cm³/mol. The number of aliphatic hydroxyl groups is 1. The molecule has 0 fully saturated rings. The van der Waals surface area contributed by atoms with E-state index in [4.69, 9.17) is 4.74 Å². The molecule has 4 rings (SSSR count). The predicted octanol–water partition coefficient (Wildman–Crippen LogP) is 2.98. The third-order valence-electron chi connectivity index (χ3n) is 6.59. The van der Waals surface area contributed by atoms with Crippen LogP contribution in [0, 0.1) is 5.41 Å². The van der Waals surface area contributed by atoms with Gasteiger partial charge in [0.25, 0.3) is 0 Å². The Balaban J connectivity index is 1.85. The number of pyridine rings is 1. The largest absolute Gasteiger partial charge is 0.500 e. The molecule has 2 atom stereocenters. The topological polar surface area (TPSA) is 119 Å². The molecule has 176 valence electrons. The van der Waals surface area contributed by atoms with Gasteiger partial charge in [0, 0.05) is 49.5 Å². The molecule has 9 nitrogen and oxygen atoms in total. The summed E-state index contributed by atoms with van der Waals surface area (Å²) in [5, 5.41) is 27.1. The maximum atomic E-state index is 12.6. The first-order chi connectivity index (χ1) is 15.7. The van der Waals surface area contributed by atoms with Crippen LogP contribution in [-0.2, 0) is 11.3 Å². The fourth-order valence-electron chi connectivity index (χ4n) is 4.86. The molecule has 2 aromatic rings. The zero-order chi connectivity index (χ0) is 23.9. The van der Waals surface area contributed by atoms with Crippen molar-refractivity contribution in [1.82, 2.24) is 19.3 Å². The number of nitrogens with zero attached hydrogens (tertiary/aromatic N) is 4. The summed E-state index contributed by atoms with van der Waals surface area (Å²) < 4.78 is 9.65. The van der Waals surface area contributed by atoms with E-state index in [0.29, 0.717) is 31.6 Å². The van der Waals surface area contributed by atoms with Gasteiger partial charge in [-0.25, -0.2) is 4.79 Å². The van der Waals surface area contributed by atoms with E-state index in [0.717, 1.165) is 22.6 Å². The number of aliphatic hydroxyl groups excluding tert-OH is 1. The van der Waals surface area contributed by atoms with Crippen molar-refractivity contribution in [2.45, 2.75) is 58.5 Å². The molecule has 0 spiro atoms. The summed E-state index contributed by atoms with van der Waals surface area (Å²) >= 11 is 0. The quantitative estimate of drug-likeness (QED) is 0.689. The zero-order valence-corrected chi connectivity index (χ0v) is 19.4. The average Bonchev–Trinajstić information content (AvgIpc) is 3.23. The first-order valence-corrected chi connectivity index (χ1v) is 11.1. The van der Waals surface area contributed by atoms with Crippen molar-refractivity contribution >= 4 is 11.5 Å². The van der Waals surface area contributed by atoms with Gasteiger partial charge in [0.1, 0.15) is 17.6 Å². The Kier molecular flexibility index (Phi) is 6.00. The number of hydrogen-bond donors (Lipinski definition) is 2. The van der Waals surface area contributed by atoms with E-state index >= 15 is 0 Å². The average molecular weight is 455 g/mol. The first kappa shape index (κ1) is 23.0. The van der Waals surface area contributed by atoms with Crippen molar-refractivity contribution in [2.24, 2.45) is 5.41 Å². The highest BCUT2D eigenvalue weighted by molar-refractivity contribution is 5.87. The Labute approximate surface area is 192 Å². The van der Waals surface area contributed by atoms with Crippen molar-refractivity contribution in [3.8, 4) is 0 Å². The number of ether oxygens (including phenoxy) is 1. The molecular weight excluding hydrogens is 424 g/mol. The summed E-state index contributed by atoms with van der Waals surface area (Å²) in [5.41, 5.74) is 1.95. The normalized spacial score (nSPS) is 20.2. The third-order valence-corrected chi connectivity index (χ3v) is 6.59. The molecule has 2 N–H and O–H groups in total. The fourth-order valence-corrected chi connectivity index (χ4v) is 4.86. The zero-order valence-electron chi connectivity index (χ0n) is 19.4. The molecule has 0 amide bonds. The minimum atomic E-state index is -1.21. The number of fused-ring (bicyclic) bond motifs is 3. The smallest absolute Gasteiger partial charge is 0.341 e. The Bertz CT molecular complexity index is 1200. The van der Waals surface area contributed by atoms with Crippen LogP contribution in [0.3, 0.4) is 0 Å². The van der Waals surface area contributed by atoms with Gasteiger partial charge in [-0.3, -0.25) is 4.79 Å². The van der Waals surface area contributed by atoms with E-state index < -0.39 is 11.4 Å². The van der Waals surface area contributed by atoms with Gasteiger partial charge in [-0.1, -0.05) is 26.3 Å². The molecular formula is C24H30N4O5. The molecule has 2 unspecified atom stereocenters. The number of allylic oxidation sites excluding steroid dienone is 4. The van der Waals surface area contributed by atoms with Crippen molar-refractivity contribution in [1.29, 1.82) is 0 Å². The lowest BCUT2D eigenvalue weighted by Gasteiger charge is -2.43. The maximum absolute atomic E-state index is 12.6. The lowest BCUT2D eigenvalue weighted by Crippen LogP contribution is -2.36. The standard InChI is InChI=1S/C24H30N4O5/c1-24(2,3)21-9-14-8-16(22-26-25-13-27(22)6-5-7-29)20(33-4)10-15(14)18-11-19(30)17(23(31)32)12-28(18)21/h8,11-13,15,21,29H,5-7,9-10H2,1-4H3,(H,31,32). The van der Waals surface area contributed by atoms with E-state index in [2.05, 4.69) is 37.0 Å². The number of methoxy groups -OCH3 is 1. The molecule has 9 heteroatoms. The first-order valence-electron chi connectivity index (χ1n) is 11.1. The molecule has 0 saturated carbocycles. The van der Waals surface area contributed by atoms with Crippen molar-refractivity contribution < 1.29 is 19.7 Å². The lowest BCUT2D eigenvalue weighted by molar-refractivity contribution is 0.0693. The second kappa shape index (κ2) is 8.62. The summed E-state index contributed by atoms with van der Waals surface area (Å²) in [6, 6.07) is 1.45. The van der Waals surface area contributed by atoms with Gasteiger partial charge >= 0.3 is 5.97 Å². The van der Waals surface area contributed by atoms with Gasteiger partial charge < -0.3 is 24.1 Å². The molecule has 0 radical (unpaired) electrons. The minimum Gasteiger partial charge on any atom is -0.500 e. The number of carboxylic acid groups (broad SMARTS) is 1. The summed E-state index contributed by atoms with van der Waals surface area (Å²) in [7, 11) is 1.62.